The van der Waals surface area contributed by atoms with Crippen LogP contribution in [-0.2, 0) is 35.7 Å². The van der Waals surface area contributed by atoms with Crippen LogP contribution in [-0.4, -0.2) is 110 Å². The summed E-state index contributed by atoms with van der Waals surface area (Å²) >= 11 is 0. The number of amides is 3. The molecule has 4 heterocycles. The minimum atomic E-state index is -0.644. The van der Waals surface area contributed by atoms with E-state index in [1.54, 1.807) is 36.9 Å². The summed E-state index contributed by atoms with van der Waals surface area (Å²) in [6.45, 7) is 13.0. The van der Waals surface area contributed by atoms with Gasteiger partial charge in [-0.05, 0) is 76.1 Å². The number of fused-ring (bicyclic) bond motifs is 2. The average Bonchev–Trinajstić information content (AvgIpc) is 3.92. The van der Waals surface area contributed by atoms with Crippen LogP contribution in [0.2, 0.25) is 0 Å². The number of benzene rings is 2. The van der Waals surface area contributed by atoms with Crippen molar-refractivity contribution in [2.24, 2.45) is 22.2 Å². The van der Waals surface area contributed by atoms with E-state index in [1.807, 2.05) is 54.2 Å². The van der Waals surface area contributed by atoms with Crippen LogP contribution in [0.1, 0.15) is 59.3 Å². The van der Waals surface area contributed by atoms with E-state index in [0.717, 1.165) is 31.6 Å². The summed E-state index contributed by atoms with van der Waals surface area (Å²) in [4.78, 5) is 56.1. The highest BCUT2D eigenvalue weighted by Gasteiger charge is 2.23. The van der Waals surface area contributed by atoms with Gasteiger partial charge in [-0.15, -0.1) is 0 Å². The summed E-state index contributed by atoms with van der Waals surface area (Å²) in [6.07, 6.45) is 6.02. The highest BCUT2D eigenvalue weighted by atomic mass is 16.5. The molecule has 0 saturated carbocycles. The largest absolute Gasteiger partial charge is 0.494 e. The first-order chi connectivity index (χ1) is 29.4. The summed E-state index contributed by atoms with van der Waals surface area (Å²) in [5.41, 5.74) is 22.5. The minimum absolute atomic E-state index is 0.156. The van der Waals surface area contributed by atoms with Gasteiger partial charge in [0.15, 0.2) is 0 Å². The number of ether oxygens (including phenoxy) is 3. The van der Waals surface area contributed by atoms with Crippen LogP contribution in [0.15, 0.2) is 59.2 Å². The molecule has 8 N–H and O–H groups in total. The molecule has 0 unspecified atom stereocenters. The Kier molecular flexibility index (Phi) is 14.5. The van der Waals surface area contributed by atoms with Gasteiger partial charge in [-0.25, -0.2) is 9.97 Å². The zero-order valence-corrected chi connectivity index (χ0v) is 35.4. The average molecular weight is 838 g/mol. The Morgan fingerprint density at radius 3 is 2.23 bits per heavy atom. The molecule has 6 rings (SSSR count). The molecule has 0 atom stereocenters. The normalized spacial score (nSPS) is 14.0. The van der Waals surface area contributed by atoms with E-state index in [1.165, 1.54) is 6.08 Å². The lowest BCUT2D eigenvalue weighted by Crippen LogP contribution is -2.37. The first-order valence-corrected chi connectivity index (χ1v) is 20.3. The Morgan fingerprint density at radius 1 is 0.934 bits per heavy atom. The Morgan fingerprint density at radius 2 is 1.61 bits per heavy atom. The van der Waals surface area contributed by atoms with Crippen molar-refractivity contribution in [3.63, 3.8) is 0 Å². The molecule has 1 fully saturated rings. The van der Waals surface area contributed by atoms with Crippen molar-refractivity contribution in [3.05, 3.63) is 76.8 Å². The molecule has 1 saturated heterocycles. The molecule has 19 heteroatoms. The Hall–Kier alpha value is -6.57. The third-order valence-corrected chi connectivity index (χ3v) is 9.95. The first kappa shape index (κ1) is 44.0. The predicted octanol–water partition coefficient (Wildman–Crippen LogP) is 3.35. The number of methoxy groups -OCH3 is 1. The van der Waals surface area contributed by atoms with Crippen molar-refractivity contribution in [2.45, 2.75) is 60.3 Å². The SMILES string of the molecule is CCN=C(/C=C(/C)N)C(=O)Nc1nc2cc(CN)cc(OC)c2n1C/C=C/Cn1c(NC(=O)c2cc(C)nn2CC)nc2cc(C(N)=O)cc(OCCCN3CCOCC3)c21. The number of morpholine rings is 1. The number of hydrogen-bond acceptors (Lipinski definition) is 13. The molecule has 1 aliphatic heterocycles. The van der Waals surface area contributed by atoms with Crippen molar-refractivity contribution >= 4 is 57.4 Å². The third-order valence-electron chi connectivity index (χ3n) is 9.95. The topological polar surface area (TPSA) is 250 Å². The van der Waals surface area contributed by atoms with Gasteiger partial charge in [-0.3, -0.25) is 39.6 Å². The second-order valence-corrected chi connectivity index (χ2v) is 14.4. The zero-order valence-electron chi connectivity index (χ0n) is 35.4. The molecule has 5 aromatic rings. The van der Waals surface area contributed by atoms with Crippen molar-refractivity contribution in [2.75, 3.05) is 63.7 Å². The Balaban J connectivity index is 1.37. The molecule has 1 aliphatic rings. The summed E-state index contributed by atoms with van der Waals surface area (Å²) in [7, 11) is 1.56. The van der Waals surface area contributed by atoms with E-state index in [2.05, 4.69) is 25.6 Å². The van der Waals surface area contributed by atoms with Crippen LogP contribution >= 0.6 is 0 Å². The molecule has 0 spiro atoms. The van der Waals surface area contributed by atoms with Gasteiger partial charge < -0.3 is 40.5 Å². The van der Waals surface area contributed by atoms with Gasteiger partial charge in [0, 0.05) is 63.6 Å². The number of hydrogen-bond donors (Lipinski definition) is 5. The standard InChI is InChI=1S/C42H55N13O6/c1-6-46-32(19-26(3)44)39(57)49-41-47-30-21-28(25-43)22-34(59-5)36(30)53(41)12-8-9-13-54-37-31(48-42(54)50-40(58)33-20-27(4)51-55(33)7-2)23-29(38(45)56)24-35(37)61-16-10-11-52-14-17-60-18-15-52/h8-9,19-24H,6-7,10-18,25,43-44H2,1-5H3,(H2,45,56)(H,47,49,57)(H,48,50,58)/b9-8+,26-19-,46-32?. The lowest BCUT2D eigenvalue weighted by Gasteiger charge is -2.26. The summed E-state index contributed by atoms with van der Waals surface area (Å²) < 4.78 is 22.9. The van der Waals surface area contributed by atoms with Crippen LogP contribution in [0.3, 0.4) is 0 Å². The molecule has 0 bridgehead atoms. The molecule has 2 aromatic carbocycles. The quantitative estimate of drug-likeness (QED) is 0.0457. The monoisotopic (exact) mass is 837 g/mol. The number of carbonyl (C=O) groups excluding carboxylic acids is 3. The Labute approximate surface area is 353 Å². The van der Waals surface area contributed by atoms with Crippen LogP contribution in [0.25, 0.3) is 22.1 Å². The van der Waals surface area contributed by atoms with Crippen LogP contribution in [0.5, 0.6) is 11.5 Å². The number of anilines is 2. The van der Waals surface area contributed by atoms with E-state index in [-0.39, 0.29) is 42.8 Å². The van der Waals surface area contributed by atoms with Crippen LogP contribution in [0.4, 0.5) is 11.9 Å². The molecule has 61 heavy (non-hydrogen) atoms. The molecule has 19 nitrogen and oxygen atoms in total. The van der Waals surface area contributed by atoms with E-state index < -0.39 is 17.7 Å². The fourth-order valence-corrected chi connectivity index (χ4v) is 7.11. The van der Waals surface area contributed by atoms with E-state index in [0.29, 0.717) is 83.6 Å². The van der Waals surface area contributed by atoms with Gasteiger partial charge in [-0.2, -0.15) is 5.10 Å². The van der Waals surface area contributed by atoms with E-state index >= 15 is 0 Å². The third kappa shape index (κ3) is 10.4. The number of aryl methyl sites for hydroxylation is 2. The number of aliphatic imine (C=N–C) groups is 1. The van der Waals surface area contributed by atoms with Gasteiger partial charge in [0.25, 0.3) is 11.8 Å². The van der Waals surface area contributed by atoms with Crippen molar-refractivity contribution < 1.29 is 28.6 Å². The van der Waals surface area contributed by atoms with Crippen LogP contribution < -0.4 is 37.3 Å². The number of primary amides is 1. The van der Waals surface area contributed by atoms with Crippen molar-refractivity contribution in [1.82, 2.24) is 33.8 Å². The van der Waals surface area contributed by atoms with Gasteiger partial charge >= 0.3 is 0 Å². The van der Waals surface area contributed by atoms with Crippen molar-refractivity contribution in [3.8, 4) is 11.5 Å². The molecular formula is C42H55N13O6. The second kappa shape index (κ2) is 20.1. The zero-order chi connectivity index (χ0) is 43.6. The van der Waals surface area contributed by atoms with Gasteiger partial charge in [0.05, 0.1) is 43.7 Å². The first-order valence-electron chi connectivity index (χ1n) is 20.3. The molecular weight excluding hydrogens is 783 g/mol. The maximum atomic E-state index is 13.8. The van der Waals surface area contributed by atoms with E-state index in [4.69, 9.17) is 41.4 Å². The summed E-state index contributed by atoms with van der Waals surface area (Å²) in [5.74, 6) is -0.162. The number of rotatable bonds is 19. The van der Waals surface area contributed by atoms with E-state index in [9.17, 15) is 14.4 Å². The van der Waals surface area contributed by atoms with Gasteiger partial charge in [0.1, 0.15) is 33.9 Å². The minimum Gasteiger partial charge on any atom is -0.494 e. The smallest absolute Gasteiger partial charge is 0.276 e. The molecule has 3 aromatic heterocycles. The molecule has 0 aliphatic carbocycles. The maximum Gasteiger partial charge on any atom is 0.276 e. The number of nitrogens with one attached hydrogen (secondary N) is 2. The second-order valence-electron chi connectivity index (χ2n) is 14.4. The highest BCUT2D eigenvalue weighted by Crippen LogP contribution is 2.33. The number of carbonyl (C=O) groups is 3. The summed E-state index contributed by atoms with van der Waals surface area (Å²) in [6, 6.07) is 8.58. The molecule has 3 amide bonds. The molecule has 324 valence electrons. The number of allylic oxidation sites excluding steroid dienone is 3. The maximum absolute atomic E-state index is 13.8. The lowest BCUT2D eigenvalue weighted by atomic mass is 10.1. The Bertz CT molecular complexity index is 2490. The fraction of sp³-hybridized carbons (Fsp3) is 0.405. The molecule has 0 radical (unpaired) electrons. The van der Waals surface area contributed by atoms with Gasteiger partial charge in [0.2, 0.25) is 17.8 Å². The predicted molar refractivity (Wildman–Crippen MR) is 234 cm³/mol. The number of nitrogens with two attached hydrogens (primary N) is 3. The number of aromatic nitrogens is 6. The number of nitrogens with zero attached hydrogens (tertiary/aromatic N) is 8. The van der Waals surface area contributed by atoms with Crippen LogP contribution in [0, 0.1) is 6.92 Å². The van der Waals surface area contributed by atoms with Gasteiger partial charge in [-0.1, -0.05) is 12.2 Å². The fourth-order valence-electron chi connectivity index (χ4n) is 7.11. The van der Waals surface area contributed by atoms with Crippen molar-refractivity contribution in [1.29, 1.82) is 0 Å². The highest BCUT2D eigenvalue weighted by molar-refractivity contribution is 6.47. The number of imidazole rings is 2. The summed E-state index contributed by atoms with van der Waals surface area (Å²) in [5, 5.41) is 10.3. The lowest BCUT2D eigenvalue weighted by molar-refractivity contribution is -0.110.